The van der Waals surface area contributed by atoms with Crippen LogP contribution in [0.15, 0.2) is 42.2 Å². The van der Waals surface area contributed by atoms with Gasteiger partial charge in [0.25, 0.3) is 0 Å². The van der Waals surface area contributed by atoms with Crippen molar-refractivity contribution in [3.8, 4) is 0 Å². The van der Waals surface area contributed by atoms with Gasteiger partial charge < -0.3 is 49.0 Å². The molecule has 14 nitrogen and oxygen atoms in total. The number of amides is 2. The van der Waals surface area contributed by atoms with Gasteiger partial charge in [-0.1, -0.05) is 47.0 Å². The van der Waals surface area contributed by atoms with E-state index in [-0.39, 0.29) is 48.9 Å². The lowest BCUT2D eigenvalue weighted by molar-refractivity contribution is 0.00578. The lowest BCUT2D eigenvalue weighted by Gasteiger charge is -2.32. The number of halogens is 3. The smallest absolute Gasteiger partial charge is 0.444 e. The van der Waals surface area contributed by atoms with Crippen LogP contribution >= 0.6 is 34.8 Å². The van der Waals surface area contributed by atoms with Crippen LogP contribution in [0.4, 0.5) is 9.59 Å². The molecule has 0 aromatic carbocycles. The first-order chi connectivity index (χ1) is 27.7. The molecule has 0 aliphatic carbocycles. The molecule has 5 heterocycles. The van der Waals surface area contributed by atoms with E-state index in [9.17, 15) is 14.7 Å². The van der Waals surface area contributed by atoms with Crippen molar-refractivity contribution >= 4 is 59.7 Å². The second-order valence-corrected chi connectivity index (χ2v) is 19.0. The number of aliphatic hydroxyl groups is 4. The maximum atomic E-state index is 12.1. The molecule has 18 heteroatoms. The predicted molar refractivity (Wildman–Crippen MR) is 234 cm³/mol. The minimum absolute atomic E-state index is 0.240. The summed E-state index contributed by atoms with van der Waals surface area (Å²) in [7, 11) is -0.314. The number of carbonyl (C=O) groups is 2. The topological polar surface area (TPSA) is 184 Å². The van der Waals surface area contributed by atoms with Crippen LogP contribution in [0.3, 0.4) is 0 Å². The molecule has 2 unspecified atom stereocenters. The Morgan fingerprint density at radius 1 is 0.767 bits per heavy atom. The van der Waals surface area contributed by atoms with E-state index in [2.05, 4.69) is 9.97 Å². The Hall–Kier alpha value is -2.99. The zero-order chi connectivity index (χ0) is 45.2. The summed E-state index contributed by atoms with van der Waals surface area (Å²) in [5, 5.41) is 37.2. The molecule has 2 aromatic heterocycles. The molecular formula is C42H62BCl3N4O10. The maximum absolute atomic E-state index is 12.1. The van der Waals surface area contributed by atoms with Crippen molar-refractivity contribution in [2.45, 2.75) is 130 Å². The van der Waals surface area contributed by atoms with Gasteiger partial charge in [0.2, 0.25) is 0 Å². The summed E-state index contributed by atoms with van der Waals surface area (Å²) in [4.78, 5) is 35.7. The molecule has 1 saturated heterocycles. The monoisotopic (exact) mass is 898 g/mol. The fraction of sp³-hybridized carbons (Fsp3) is 0.619. The highest BCUT2D eigenvalue weighted by Gasteiger charge is 2.52. The summed E-state index contributed by atoms with van der Waals surface area (Å²) >= 11 is 17.6. The Bertz CT molecular complexity index is 1820. The number of aliphatic hydroxyl groups excluding tert-OH is 4. The largest absolute Gasteiger partial charge is 0.490 e. The third-order valence-electron chi connectivity index (χ3n) is 9.73. The number of pyridine rings is 2. The predicted octanol–water partition coefficient (Wildman–Crippen LogP) is 7.12. The normalized spacial score (nSPS) is 18.5. The van der Waals surface area contributed by atoms with Crippen molar-refractivity contribution in [3.05, 3.63) is 74.2 Å². The molecular weight excluding hydrogens is 838 g/mol. The number of carbonyl (C=O) groups excluding carboxylic acids is 2. The molecule has 0 spiro atoms. The van der Waals surface area contributed by atoms with Crippen LogP contribution in [0.1, 0.15) is 98.9 Å². The van der Waals surface area contributed by atoms with Crippen LogP contribution in [0.5, 0.6) is 0 Å². The number of hydrogen-bond acceptors (Lipinski definition) is 12. The van der Waals surface area contributed by atoms with Crippen LogP contribution in [-0.2, 0) is 31.6 Å². The molecule has 334 valence electrons. The first-order valence-electron chi connectivity index (χ1n) is 20.0. The van der Waals surface area contributed by atoms with E-state index in [1.807, 2.05) is 81.4 Å². The first-order valence-corrected chi connectivity index (χ1v) is 21.1. The fourth-order valence-corrected chi connectivity index (χ4v) is 6.44. The molecule has 5 rings (SSSR count). The molecule has 3 aliphatic rings. The molecule has 4 N–H and O–H groups in total. The van der Waals surface area contributed by atoms with Gasteiger partial charge in [-0.3, -0.25) is 4.98 Å². The molecule has 2 atom stereocenters. The number of rotatable bonds is 8. The van der Waals surface area contributed by atoms with Crippen molar-refractivity contribution in [1.82, 2.24) is 19.8 Å². The minimum Gasteiger partial charge on any atom is -0.444 e. The van der Waals surface area contributed by atoms with E-state index in [0.717, 1.165) is 28.6 Å². The Kier molecular flexibility index (Phi) is 18.7. The van der Waals surface area contributed by atoms with Gasteiger partial charge in [0.15, 0.2) is 0 Å². The zero-order valence-corrected chi connectivity index (χ0v) is 38.7. The second kappa shape index (κ2) is 21.9. The summed E-state index contributed by atoms with van der Waals surface area (Å²) < 4.78 is 22.9. The second-order valence-electron chi connectivity index (χ2n) is 17.8. The molecule has 2 aromatic rings. The summed E-state index contributed by atoms with van der Waals surface area (Å²) in [5.74, 6) is 0. The van der Waals surface area contributed by atoms with Crippen LogP contribution in [0.2, 0.25) is 15.2 Å². The summed E-state index contributed by atoms with van der Waals surface area (Å²) in [6, 6.07) is 3.37. The highest BCUT2D eigenvalue weighted by Crippen LogP contribution is 2.39. The van der Waals surface area contributed by atoms with Crippen molar-refractivity contribution in [2.24, 2.45) is 0 Å². The van der Waals surface area contributed by atoms with Crippen LogP contribution in [0.25, 0.3) is 5.57 Å². The number of ether oxygens (including phenoxy) is 2. The van der Waals surface area contributed by atoms with Crippen LogP contribution < -0.4 is 0 Å². The molecule has 1 fully saturated rings. The number of hydrogen-bond donors (Lipinski definition) is 4. The average molecular weight is 900 g/mol. The highest BCUT2D eigenvalue weighted by atomic mass is 35.5. The van der Waals surface area contributed by atoms with E-state index in [1.54, 1.807) is 28.1 Å². The van der Waals surface area contributed by atoms with E-state index in [4.69, 9.17) is 68.9 Å². The summed E-state index contributed by atoms with van der Waals surface area (Å²) in [5.41, 5.74) is 2.65. The van der Waals surface area contributed by atoms with E-state index >= 15 is 0 Å². The summed E-state index contributed by atoms with van der Waals surface area (Å²) in [6.07, 6.45) is 6.95. The van der Waals surface area contributed by atoms with Gasteiger partial charge in [-0.2, -0.15) is 0 Å². The SMILES string of the molecule is CC(C)(C)OC(=O)N1CC=C(B2OC(C)(C)C(C)(C)O2)CC1.CC(C)(C)OC(=O)N1CC=C(c2ncc(CC(O)CO)cc2Cl)CC1.OCC(O)Cc1cnc(Cl)c(Cl)c1. The van der Waals surface area contributed by atoms with E-state index in [0.29, 0.717) is 61.2 Å². The molecule has 60 heavy (non-hydrogen) atoms. The summed E-state index contributed by atoms with van der Waals surface area (Å²) in [6.45, 7) is 20.9. The molecule has 3 aliphatic heterocycles. The first kappa shape index (κ1) is 51.4. The highest BCUT2D eigenvalue weighted by molar-refractivity contribution is 6.54. The third-order valence-corrected chi connectivity index (χ3v) is 10.7. The van der Waals surface area contributed by atoms with Crippen LogP contribution in [-0.4, -0.2) is 134 Å². The van der Waals surface area contributed by atoms with Gasteiger partial charge in [0.1, 0.15) is 16.4 Å². The number of aromatic nitrogens is 2. The number of nitrogens with zero attached hydrogens (tertiary/aromatic N) is 4. The Morgan fingerprint density at radius 3 is 1.60 bits per heavy atom. The van der Waals surface area contributed by atoms with Crippen molar-refractivity contribution in [1.29, 1.82) is 0 Å². The molecule has 0 bridgehead atoms. The van der Waals surface area contributed by atoms with Crippen molar-refractivity contribution in [2.75, 3.05) is 39.4 Å². The minimum atomic E-state index is -0.819. The van der Waals surface area contributed by atoms with Gasteiger partial charge >= 0.3 is 19.3 Å². The zero-order valence-electron chi connectivity index (χ0n) is 36.4. The van der Waals surface area contributed by atoms with E-state index < -0.39 is 23.4 Å². The molecule has 0 saturated carbocycles. The molecule has 0 radical (unpaired) electrons. The lowest BCUT2D eigenvalue weighted by Crippen LogP contribution is -2.41. The van der Waals surface area contributed by atoms with Crippen molar-refractivity contribution < 1.29 is 48.8 Å². The Balaban J connectivity index is 0.000000252. The Morgan fingerprint density at radius 2 is 1.22 bits per heavy atom. The van der Waals surface area contributed by atoms with Gasteiger partial charge in [0.05, 0.1) is 52.4 Å². The fourth-order valence-electron chi connectivity index (χ4n) is 5.83. The average Bonchev–Trinajstić information content (AvgIpc) is 3.38. The quantitative estimate of drug-likeness (QED) is 0.156. The van der Waals surface area contributed by atoms with Crippen molar-refractivity contribution in [3.63, 3.8) is 0 Å². The van der Waals surface area contributed by atoms with Crippen LogP contribution in [0, 0.1) is 0 Å². The van der Waals surface area contributed by atoms with Gasteiger partial charge in [-0.25, -0.2) is 14.6 Å². The van der Waals surface area contributed by atoms with Gasteiger partial charge in [0, 0.05) is 51.4 Å². The standard InChI is InChI=1S/C18H25ClN2O4.C16H28BNO4.C8H9Cl2NO2/c1-18(2,3)25-17(24)21-6-4-13(5-7-21)16-15(19)9-12(10-20-16)8-14(23)11-22;1-14(2,3)20-13(19)18-10-8-12(9-11-18)17-21-15(4,5)16(6,7)22-17;9-7-2-5(1-6(13)4-12)3-11-8(7)10/h4,9-10,14,22-23H,5-8,11H2,1-3H3;8H,9-11H2,1-7H3;2-3,6,12-13H,1,4H2. The van der Waals surface area contributed by atoms with Gasteiger partial charge in [-0.05, 0) is 116 Å². The van der Waals surface area contributed by atoms with Gasteiger partial charge in [-0.15, -0.1) is 0 Å². The molecule has 2 amide bonds. The lowest BCUT2D eigenvalue weighted by atomic mass is 9.75. The maximum Gasteiger partial charge on any atom is 0.490 e. The third kappa shape index (κ3) is 16.0. The van der Waals surface area contributed by atoms with E-state index in [1.165, 1.54) is 6.20 Å². The Labute approximate surface area is 369 Å².